The fourth-order valence-corrected chi connectivity index (χ4v) is 2.13. The standard InChI is InChI=1S/C17H17NO4/c1-11-5-7-14(22-11)13(10-18)9-12-6-8-15(19-2)17(21-4)16(12)20-3/h5-9H,1-4H3/b13-9-. The van der Waals surface area contributed by atoms with Crippen molar-refractivity contribution in [3.8, 4) is 23.3 Å². The van der Waals surface area contributed by atoms with E-state index in [1.165, 1.54) is 14.2 Å². The van der Waals surface area contributed by atoms with E-state index in [0.717, 1.165) is 5.76 Å². The maximum absolute atomic E-state index is 9.37. The Labute approximate surface area is 129 Å². The van der Waals surface area contributed by atoms with Gasteiger partial charge in [-0.15, -0.1) is 0 Å². The van der Waals surface area contributed by atoms with Crippen molar-refractivity contribution in [3.63, 3.8) is 0 Å². The summed E-state index contributed by atoms with van der Waals surface area (Å²) < 4.78 is 21.5. The molecule has 2 rings (SSSR count). The molecule has 0 N–H and O–H groups in total. The average molecular weight is 299 g/mol. The molecule has 114 valence electrons. The SMILES string of the molecule is COc1ccc(/C=C(/C#N)c2ccc(C)o2)c(OC)c1OC. The lowest BCUT2D eigenvalue weighted by Gasteiger charge is -2.14. The Morgan fingerprint density at radius 2 is 1.77 bits per heavy atom. The van der Waals surface area contributed by atoms with Gasteiger partial charge in [-0.2, -0.15) is 5.26 Å². The van der Waals surface area contributed by atoms with E-state index in [-0.39, 0.29) is 0 Å². The van der Waals surface area contributed by atoms with E-state index in [0.29, 0.717) is 34.1 Å². The highest BCUT2D eigenvalue weighted by molar-refractivity contribution is 5.89. The second-order valence-corrected chi connectivity index (χ2v) is 4.50. The highest BCUT2D eigenvalue weighted by Gasteiger charge is 2.16. The molecule has 0 unspecified atom stereocenters. The lowest BCUT2D eigenvalue weighted by Crippen LogP contribution is -1.96. The van der Waals surface area contributed by atoms with Gasteiger partial charge < -0.3 is 18.6 Å². The molecule has 1 heterocycles. The van der Waals surface area contributed by atoms with Crippen LogP contribution in [0, 0.1) is 18.3 Å². The molecule has 0 bridgehead atoms. The Kier molecular flexibility index (Phi) is 4.74. The summed E-state index contributed by atoms with van der Waals surface area (Å²) in [5, 5.41) is 9.37. The zero-order valence-electron chi connectivity index (χ0n) is 13.0. The van der Waals surface area contributed by atoms with E-state index < -0.39 is 0 Å². The van der Waals surface area contributed by atoms with Crippen LogP contribution in [-0.2, 0) is 0 Å². The zero-order valence-corrected chi connectivity index (χ0v) is 13.0. The van der Waals surface area contributed by atoms with Gasteiger partial charge in [-0.1, -0.05) is 0 Å². The molecular weight excluding hydrogens is 282 g/mol. The van der Waals surface area contributed by atoms with Crippen LogP contribution in [0.3, 0.4) is 0 Å². The summed E-state index contributed by atoms with van der Waals surface area (Å²) in [7, 11) is 4.63. The molecule has 2 aromatic rings. The number of rotatable bonds is 5. The molecule has 0 amide bonds. The first kappa shape index (κ1) is 15.5. The summed E-state index contributed by atoms with van der Waals surface area (Å²) in [6.45, 7) is 1.83. The number of aryl methyl sites for hydroxylation is 1. The van der Waals surface area contributed by atoms with Gasteiger partial charge in [0.05, 0.1) is 26.9 Å². The number of hydrogen-bond donors (Lipinski definition) is 0. The largest absolute Gasteiger partial charge is 0.493 e. The van der Waals surface area contributed by atoms with Gasteiger partial charge in [0.1, 0.15) is 17.6 Å². The summed E-state index contributed by atoms with van der Waals surface area (Å²) in [6.07, 6.45) is 1.69. The maximum atomic E-state index is 9.37. The molecule has 0 aliphatic rings. The molecule has 0 radical (unpaired) electrons. The van der Waals surface area contributed by atoms with Gasteiger partial charge in [0.25, 0.3) is 0 Å². The number of furan rings is 1. The third-order valence-corrected chi connectivity index (χ3v) is 3.16. The Hall–Kier alpha value is -2.87. The first-order valence-electron chi connectivity index (χ1n) is 6.62. The van der Waals surface area contributed by atoms with Crippen molar-refractivity contribution in [2.45, 2.75) is 6.92 Å². The molecule has 0 fully saturated rings. The summed E-state index contributed by atoms with van der Waals surface area (Å²) in [6, 6.07) is 9.27. The molecule has 0 spiro atoms. The van der Waals surface area contributed by atoms with E-state index in [4.69, 9.17) is 18.6 Å². The van der Waals surface area contributed by atoms with Gasteiger partial charge in [-0.3, -0.25) is 0 Å². The number of benzene rings is 1. The summed E-state index contributed by atoms with van der Waals surface area (Å²) in [5.74, 6) is 2.79. The van der Waals surface area contributed by atoms with Crippen molar-refractivity contribution in [1.82, 2.24) is 0 Å². The van der Waals surface area contributed by atoms with Crippen LogP contribution in [0.5, 0.6) is 17.2 Å². The van der Waals surface area contributed by atoms with E-state index >= 15 is 0 Å². The number of nitrogens with zero attached hydrogens (tertiary/aromatic N) is 1. The third kappa shape index (κ3) is 2.91. The van der Waals surface area contributed by atoms with E-state index in [2.05, 4.69) is 6.07 Å². The first-order chi connectivity index (χ1) is 10.6. The van der Waals surface area contributed by atoms with E-state index in [9.17, 15) is 5.26 Å². The minimum atomic E-state index is 0.401. The summed E-state index contributed by atoms with van der Waals surface area (Å²) in [5.41, 5.74) is 1.10. The molecule has 1 aromatic heterocycles. The normalized spacial score (nSPS) is 11.0. The highest BCUT2D eigenvalue weighted by atomic mass is 16.5. The number of hydrogen-bond acceptors (Lipinski definition) is 5. The molecule has 0 saturated heterocycles. The molecule has 5 heteroatoms. The maximum Gasteiger partial charge on any atom is 0.203 e. The van der Waals surface area contributed by atoms with Crippen LogP contribution in [0.15, 0.2) is 28.7 Å². The minimum absolute atomic E-state index is 0.401. The van der Waals surface area contributed by atoms with Gasteiger partial charge >= 0.3 is 0 Å². The lowest BCUT2D eigenvalue weighted by atomic mass is 10.1. The van der Waals surface area contributed by atoms with Crippen LogP contribution < -0.4 is 14.2 Å². The first-order valence-corrected chi connectivity index (χ1v) is 6.62. The summed E-state index contributed by atoms with van der Waals surface area (Å²) >= 11 is 0. The third-order valence-electron chi connectivity index (χ3n) is 3.16. The smallest absolute Gasteiger partial charge is 0.203 e. The average Bonchev–Trinajstić information content (AvgIpc) is 2.97. The van der Waals surface area contributed by atoms with Crippen molar-refractivity contribution in [2.24, 2.45) is 0 Å². The van der Waals surface area contributed by atoms with Crippen LogP contribution in [0.2, 0.25) is 0 Å². The van der Waals surface area contributed by atoms with Crippen molar-refractivity contribution in [1.29, 1.82) is 5.26 Å². The molecule has 0 aliphatic heterocycles. The van der Waals surface area contributed by atoms with Crippen LogP contribution >= 0.6 is 0 Å². The quantitative estimate of drug-likeness (QED) is 0.788. The second kappa shape index (κ2) is 6.72. The molecule has 22 heavy (non-hydrogen) atoms. The molecule has 5 nitrogen and oxygen atoms in total. The number of nitriles is 1. The lowest BCUT2D eigenvalue weighted by molar-refractivity contribution is 0.324. The minimum Gasteiger partial charge on any atom is -0.493 e. The molecule has 0 aliphatic carbocycles. The van der Waals surface area contributed by atoms with Crippen molar-refractivity contribution in [2.75, 3.05) is 21.3 Å². The predicted octanol–water partition coefficient (Wildman–Crippen LogP) is 3.68. The van der Waals surface area contributed by atoms with Crippen molar-refractivity contribution < 1.29 is 18.6 Å². The van der Waals surface area contributed by atoms with Crippen LogP contribution in [0.1, 0.15) is 17.1 Å². The topological polar surface area (TPSA) is 64.6 Å². The van der Waals surface area contributed by atoms with Crippen molar-refractivity contribution in [3.05, 3.63) is 41.3 Å². The van der Waals surface area contributed by atoms with Crippen LogP contribution in [0.25, 0.3) is 11.6 Å². The van der Waals surface area contributed by atoms with Crippen molar-refractivity contribution >= 4 is 11.6 Å². The number of methoxy groups -OCH3 is 3. The predicted molar refractivity (Wildman–Crippen MR) is 83.0 cm³/mol. The van der Waals surface area contributed by atoms with Gasteiger partial charge in [0.15, 0.2) is 11.5 Å². The van der Waals surface area contributed by atoms with E-state index in [1.54, 1.807) is 31.4 Å². The number of ether oxygens (including phenoxy) is 3. The summed E-state index contributed by atoms with van der Waals surface area (Å²) in [4.78, 5) is 0. The Morgan fingerprint density at radius 1 is 1.05 bits per heavy atom. The van der Waals surface area contributed by atoms with Gasteiger partial charge in [-0.05, 0) is 37.3 Å². The molecule has 1 aromatic carbocycles. The monoisotopic (exact) mass is 299 g/mol. The molecule has 0 saturated carbocycles. The van der Waals surface area contributed by atoms with E-state index in [1.807, 2.05) is 13.0 Å². The molecular formula is C17H17NO4. The van der Waals surface area contributed by atoms with Gasteiger partial charge in [0, 0.05) is 5.56 Å². The van der Waals surface area contributed by atoms with Gasteiger partial charge in [-0.25, -0.2) is 0 Å². The fraction of sp³-hybridized carbons (Fsp3) is 0.235. The Morgan fingerprint density at radius 3 is 2.27 bits per heavy atom. The Balaban J connectivity index is 2.56. The highest BCUT2D eigenvalue weighted by Crippen LogP contribution is 2.41. The number of allylic oxidation sites excluding steroid dienone is 1. The van der Waals surface area contributed by atoms with Crippen LogP contribution in [0.4, 0.5) is 0 Å². The molecule has 0 atom stereocenters. The Bertz CT molecular complexity index is 738. The second-order valence-electron chi connectivity index (χ2n) is 4.50. The zero-order chi connectivity index (χ0) is 16.1. The van der Waals surface area contributed by atoms with Crippen LogP contribution in [-0.4, -0.2) is 21.3 Å². The fourth-order valence-electron chi connectivity index (χ4n) is 2.13. The van der Waals surface area contributed by atoms with Gasteiger partial charge in [0.2, 0.25) is 5.75 Å².